The zero-order valence-electron chi connectivity index (χ0n) is 11.7. The summed E-state index contributed by atoms with van der Waals surface area (Å²) in [6.45, 7) is 1.89. The molecule has 2 aromatic carbocycles. The third-order valence-corrected chi connectivity index (χ3v) is 3.54. The lowest BCUT2D eigenvalue weighted by molar-refractivity contribution is -0.123. The SMILES string of the molecule is Cc1nc2ccccc2n1C(C(=O)NN)c1ccccc1. The number of imidazole rings is 1. The van der Waals surface area contributed by atoms with Crippen LogP contribution in [0.2, 0.25) is 0 Å². The minimum atomic E-state index is -0.538. The van der Waals surface area contributed by atoms with E-state index in [0.717, 1.165) is 22.4 Å². The van der Waals surface area contributed by atoms with Gasteiger partial charge in [-0.15, -0.1) is 0 Å². The number of hydrogen-bond acceptors (Lipinski definition) is 3. The molecule has 3 aromatic rings. The molecule has 0 aliphatic carbocycles. The van der Waals surface area contributed by atoms with E-state index < -0.39 is 6.04 Å². The Morgan fingerprint density at radius 1 is 1.14 bits per heavy atom. The first-order valence-electron chi connectivity index (χ1n) is 6.71. The predicted molar refractivity (Wildman–Crippen MR) is 81.4 cm³/mol. The van der Waals surface area contributed by atoms with Gasteiger partial charge in [0.1, 0.15) is 11.9 Å². The Morgan fingerprint density at radius 2 is 1.81 bits per heavy atom. The molecule has 0 aliphatic rings. The van der Waals surface area contributed by atoms with E-state index in [4.69, 9.17) is 5.84 Å². The van der Waals surface area contributed by atoms with E-state index in [-0.39, 0.29) is 5.91 Å². The molecule has 0 saturated carbocycles. The summed E-state index contributed by atoms with van der Waals surface area (Å²) in [6, 6.07) is 16.8. The molecule has 5 heteroatoms. The fraction of sp³-hybridized carbons (Fsp3) is 0.125. The number of hydrogen-bond donors (Lipinski definition) is 2. The topological polar surface area (TPSA) is 72.9 Å². The smallest absolute Gasteiger partial charge is 0.261 e. The number of nitrogens with two attached hydrogens (primary N) is 1. The molecule has 106 valence electrons. The van der Waals surface area contributed by atoms with Crippen molar-refractivity contribution >= 4 is 16.9 Å². The minimum Gasteiger partial charge on any atom is -0.311 e. The number of hydrazine groups is 1. The van der Waals surface area contributed by atoms with Crippen LogP contribution in [0, 0.1) is 6.92 Å². The number of para-hydroxylation sites is 2. The van der Waals surface area contributed by atoms with Crippen molar-refractivity contribution in [2.75, 3.05) is 0 Å². The van der Waals surface area contributed by atoms with Gasteiger partial charge in [-0.1, -0.05) is 42.5 Å². The highest BCUT2D eigenvalue weighted by Gasteiger charge is 2.25. The number of nitrogens with one attached hydrogen (secondary N) is 1. The first kappa shape index (κ1) is 13.3. The fourth-order valence-corrected chi connectivity index (χ4v) is 2.62. The molecule has 1 atom stereocenters. The molecule has 5 nitrogen and oxygen atoms in total. The molecule has 0 bridgehead atoms. The van der Waals surface area contributed by atoms with Gasteiger partial charge in [-0.3, -0.25) is 10.2 Å². The van der Waals surface area contributed by atoms with Crippen LogP contribution in [0.3, 0.4) is 0 Å². The Labute approximate surface area is 122 Å². The number of aryl methyl sites for hydroxylation is 1. The van der Waals surface area contributed by atoms with E-state index in [2.05, 4.69) is 10.4 Å². The maximum absolute atomic E-state index is 12.3. The van der Waals surface area contributed by atoms with Crippen LogP contribution in [-0.2, 0) is 4.79 Å². The number of carbonyl (C=O) groups excluding carboxylic acids is 1. The fourth-order valence-electron chi connectivity index (χ4n) is 2.62. The normalized spacial score (nSPS) is 12.3. The molecule has 1 aromatic heterocycles. The number of aromatic nitrogens is 2. The Hall–Kier alpha value is -2.66. The summed E-state index contributed by atoms with van der Waals surface area (Å²) >= 11 is 0. The van der Waals surface area contributed by atoms with Crippen LogP contribution in [0.15, 0.2) is 54.6 Å². The van der Waals surface area contributed by atoms with Gasteiger partial charge in [0.05, 0.1) is 11.0 Å². The number of nitrogens with zero attached hydrogens (tertiary/aromatic N) is 2. The largest absolute Gasteiger partial charge is 0.311 e. The number of rotatable bonds is 3. The van der Waals surface area contributed by atoms with Crippen LogP contribution in [0.25, 0.3) is 11.0 Å². The first-order chi connectivity index (χ1) is 10.2. The standard InChI is InChI=1S/C16H16N4O/c1-11-18-13-9-5-6-10-14(13)20(11)15(16(21)19-17)12-7-3-2-4-8-12/h2-10,15H,17H2,1H3,(H,19,21). The molecule has 0 radical (unpaired) electrons. The van der Waals surface area contributed by atoms with Crippen molar-refractivity contribution in [3.8, 4) is 0 Å². The zero-order chi connectivity index (χ0) is 14.8. The quantitative estimate of drug-likeness (QED) is 0.437. The van der Waals surface area contributed by atoms with Crippen molar-refractivity contribution in [3.05, 3.63) is 66.0 Å². The lowest BCUT2D eigenvalue weighted by Gasteiger charge is -2.19. The number of amides is 1. The maximum atomic E-state index is 12.3. The van der Waals surface area contributed by atoms with Crippen LogP contribution in [-0.4, -0.2) is 15.5 Å². The van der Waals surface area contributed by atoms with Gasteiger partial charge in [-0.25, -0.2) is 10.8 Å². The van der Waals surface area contributed by atoms with Gasteiger partial charge in [-0.2, -0.15) is 0 Å². The maximum Gasteiger partial charge on any atom is 0.261 e. The van der Waals surface area contributed by atoms with Gasteiger partial charge >= 0.3 is 0 Å². The van der Waals surface area contributed by atoms with Crippen molar-refractivity contribution in [1.82, 2.24) is 15.0 Å². The molecule has 0 fully saturated rings. The van der Waals surface area contributed by atoms with Crippen LogP contribution in [0.4, 0.5) is 0 Å². The molecule has 21 heavy (non-hydrogen) atoms. The van der Waals surface area contributed by atoms with Crippen LogP contribution in [0.5, 0.6) is 0 Å². The van der Waals surface area contributed by atoms with Crippen molar-refractivity contribution in [2.24, 2.45) is 5.84 Å². The Balaban J connectivity index is 2.24. The van der Waals surface area contributed by atoms with E-state index in [1.165, 1.54) is 0 Å². The molecular weight excluding hydrogens is 264 g/mol. The summed E-state index contributed by atoms with van der Waals surface area (Å²) in [5, 5.41) is 0. The molecule has 1 unspecified atom stereocenters. The van der Waals surface area contributed by atoms with E-state index in [9.17, 15) is 4.79 Å². The van der Waals surface area contributed by atoms with E-state index in [1.807, 2.05) is 66.1 Å². The van der Waals surface area contributed by atoms with Gasteiger partial charge in [0, 0.05) is 0 Å². The molecule has 0 aliphatic heterocycles. The van der Waals surface area contributed by atoms with Crippen LogP contribution in [0.1, 0.15) is 17.4 Å². The molecule has 1 heterocycles. The molecule has 0 saturated heterocycles. The van der Waals surface area contributed by atoms with Crippen molar-refractivity contribution < 1.29 is 4.79 Å². The Morgan fingerprint density at radius 3 is 2.52 bits per heavy atom. The van der Waals surface area contributed by atoms with Gasteiger partial charge in [-0.05, 0) is 24.6 Å². The van der Waals surface area contributed by atoms with Gasteiger partial charge < -0.3 is 4.57 Å². The van der Waals surface area contributed by atoms with Gasteiger partial charge in [0.2, 0.25) is 0 Å². The third kappa shape index (κ3) is 2.28. The summed E-state index contributed by atoms with van der Waals surface area (Å²) in [7, 11) is 0. The Kier molecular flexibility index (Phi) is 3.41. The first-order valence-corrected chi connectivity index (χ1v) is 6.71. The highest BCUT2D eigenvalue weighted by atomic mass is 16.2. The van der Waals surface area contributed by atoms with Crippen LogP contribution >= 0.6 is 0 Å². The van der Waals surface area contributed by atoms with Crippen molar-refractivity contribution in [3.63, 3.8) is 0 Å². The summed E-state index contributed by atoms with van der Waals surface area (Å²) < 4.78 is 1.91. The zero-order valence-corrected chi connectivity index (χ0v) is 11.7. The molecule has 1 amide bonds. The average molecular weight is 280 g/mol. The minimum absolute atomic E-state index is 0.271. The highest BCUT2D eigenvalue weighted by Crippen LogP contribution is 2.26. The van der Waals surface area contributed by atoms with E-state index >= 15 is 0 Å². The number of fused-ring (bicyclic) bond motifs is 1. The number of carbonyl (C=O) groups is 1. The summed E-state index contributed by atoms with van der Waals surface area (Å²) in [4.78, 5) is 16.8. The second kappa shape index (κ2) is 5.38. The predicted octanol–water partition coefficient (Wildman–Crippen LogP) is 1.92. The second-order valence-corrected chi connectivity index (χ2v) is 4.84. The Bertz CT molecular complexity index is 779. The molecule has 3 N–H and O–H groups in total. The van der Waals surface area contributed by atoms with Gasteiger partial charge in [0.25, 0.3) is 5.91 Å². The number of benzene rings is 2. The molecule has 0 spiro atoms. The molecular formula is C16H16N4O. The molecule has 3 rings (SSSR count). The monoisotopic (exact) mass is 280 g/mol. The summed E-state index contributed by atoms with van der Waals surface area (Å²) in [5.74, 6) is 5.88. The second-order valence-electron chi connectivity index (χ2n) is 4.84. The lowest BCUT2D eigenvalue weighted by Crippen LogP contribution is -2.38. The van der Waals surface area contributed by atoms with Crippen molar-refractivity contribution in [2.45, 2.75) is 13.0 Å². The average Bonchev–Trinajstić information content (AvgIpc) is 2.85. The summed E-state index contributed by atoms with van der Waals surface area (Å²) in [6.07, 6.45) is 0. The highest BCUT2D eigenvalue weighted by molar-refractivity contribution is 5.86. The van der Waals surface area contributed by atoms with Crippen LogP contribution < -0.4 is 11.3 Å². The third-order valence-electron chi connectivity index (χ3n) is 3.54. The van der Waals surface area contributed by atoms with Gasteiger partial charge in [0.15, 0.2) is 0 Å². The van der Waals surface area contributed by atoms with E-state index in [0.29, 0.717) is 0 Å². The van der Waals surface area contributed by atoms with Crippen molar-refractivity contribution in [1.29, 1.82) is 0 Å². The lowest BCUT2D eigenvalue weighted by atomic mass is 10.1. The summed E-state index contributed by atoms with van der Waals surface area (Å²) in [5.41, 5.74) is 4.90. The van der Waals surface area contributed by atoms with E-state index in [1.54, 1.807) is 0 Å².